The van der Waals surface area contributed by atoms with Gasteiger partial charge in [-0.1, -0.05) is 62.7 Å². The number of nitrogens with one attached hydrogen (secondary N) is 2. The number of hydrogen-bond acceptors (Lipinski definition) is 4. The van der Waals surface area contributed by atoms with Gasteiger partial charge >= 0.3 is 0 Å². The number of nitrogens with zero attached hydrogens (tertiary/aromatic N) is 2. The molecule has 0 fully saturated rings. The molecular formula is C21H24N4O2S. The fourth-order valence-corrected chi connectivity index (χ4v) is 3.49. The van der Waals surface area contributed by atoms with E-state index in [2.05, 4.69) is 40.9 Å². The summed E-state index contributed by atoms with van der Waals surface area (Å²) in [6.45, 7) is 8.25. The molecule has 0 aliphatic carbocycles. The number of hydrazone groups is 1. The monoisotopic (exact) mass is 396 g/mol. The first-order valence-corrected chi connectivity index (χ1v) is 10.4. The largest absolute Gasteiger partial charge is 0.277 e. The fourth-order valence-electron chi connectivity index (χ4n) is 2.70. The first kappa shape index (κ1) is 19.8. The predicted molar refractivity (Wildman–Crippen MR) is 112 cm³/mol. The Morgan fingerprint density at radius 3 is 2.29 bits per heavy atom. The number of aryl methyl sites for hydroxylation is 1. The number of sulfonamides is 1. The minimum Gasteiger partial charge on any atom is -0.277 e. The van der Waals surface area contributed by atoms with Gasteiger partial charge < -0.3 is 0 Å². The molecule has 0 bridgehead atoms. The first-order valence-electron chi connectivity index (χ1n) is 8.93. The van der Waals surface area contributed by atoms with Crippen molar-refractivity contribution in [2.24, 2.45) is 5.10 Å². The molecule has 1 aromatic heterocycles. The Kier molecular flexibility index (Phi) is 5.38. The fraction of sp³-hybridized carbons (Fsp3) is 0.238. The smallest absolute Gasteiger partial charge is 0.276 e. The second-order valence-electron chi connectivity index (χ2n) is 7.69. The minimum atomic E-state index is -3.74. The lowest BCUT2D eigenvalue weighted by Gasteiger charge is -2.19. The van der Waals surface area contributed by atoms with Crippen molar-refractivity contribution in [1.82, 2.24) is 15.0 Å². The highest BCUT2D eigenvalue weighted by atomic mass is 32.2. The maximum Gasteiger partial charge on any atom is 0.276 e. The van der Waals surface area contributed by atoms with Crippen molar-refractivity contribution >= 4 is 16.2 Å². The second-order valence-corrected chi connectivity index (χ2v) is 9.35. The van der Waals surface area contributed by atoms with Crippen LogP contribution in [0.15, 0.2) is 64.7 Å². The Morgan fingerprint density at radius 2 is 1.68 bits per heavy atom. The van der Waals surface area contributed by atoms with E-state index in [0.29, 0.717) is 5.56 Å². The molecule has 0 amide bonds. The molecule has 7 heteroatoms. The Balaban J connectivity index is 1.76. The van der Waals surface area contributed by atoms with Gasteiger partial charge in [0, 0.05) is 11.1 Å². The van der Waals surface area contributed by atoms with Gasteiger partial charge in [-0.05, 0) is 30.0 Å². The van der Waals surface area contributed by atoms with E-state index < -0.39 is 10.0 Å². The molecule has 2 aromatic carbocycles. The third-order valence-corrected chi connectivity index (χ3v) is 5.65. The van der Waals surface area contributed by atoms with E-state index in [1.807, 2.05) is 43.3 Å². The quantitative estimate of drug-likeness (QED) is 0.505. The molecule has 2 N–H and O–H groups in total. The van der Waals surface area contributed by atoms with E-state index in [0.717, 1.165) is 22.4 Å². The lowest BCUT2D eigenvalue weighted by molar-refractivity contribution is 0.580. The maximum atomic E-state index is 12.5. The number of aromatic amines is 1. The van der Waals surface area contributed by atoms with Gasteiger partial charge in [0.05, 0.1) is 23.0 Å². The van der Waals surface area contributed by atoms with Gasteiger partial charge in [-0.2, -0.15) is 18.6 Å². The summed E-state index contributed by atoms with van der Waals surface area (Å²) in [5.41, 5.74) is 4.60. The van der Waals surface area contributed by atoms with Crippen LogP contribution in [0.3, 0.4) is 0 Å². The Bertz CT molecular complexity index is 1070. The first-order chi connectivity index (χ1) is 13.2. The number of aromatic nitrogens is 2. The van der Waals surface area contributed by atoms with Gasteiger partial charge in [-0.3, -0.25) is 5.10 Å². The molecule has 0 saturated heterocycles. The van der Waals surface area contributed by atoms with Gasteiger partial charge in [-0.25, -0.2) is 4.83 Å². The van der Waals surface area contributed by atoms with Gasteiger partial charge in [0.25, 0.3) is 10.0 Å². The average molecular weight is 397 g/mol. The molecule has 0 aliphatic rings. The van der Waals surface area contributed by atoms with Crippen LogP contribution in [-0.4, -0.2) is 24.8 Å². The standard InChI is InChI=1S/C21H24N4O2S/c1-15-5-7-16(8-6-15)20-17(13-22-24-20)14-23-25-28(26,27)19-11-9-18(10-12-19)21(2,3)4/h5-14,25H,1-4H3,(H,22,24)/b23-14-. The number of hydrogen-bond donors (Lipinski definition) is 2. The normalized spacial score (nSPS) is 12.4. The molecule has 0 aliphatic heterocycles. The number of benzene rings is 2. The Morgan fingerprint density at radius 1 is 1.04 bits per heavy atom. The van der Waals surface area contributed by atoms with Crippen molar-refractivity contribution in [3.63, 3.8) is 0 Å². The van der Waals surface area contributed by atoms with E-state index in [4.69, 9.17) is 0 Å². The van der Waals surface area contributed by atoms with Crippen LogP contribution in [0.2, 0.25) is 0 Å². The van der Waals surface area contributed by atoms with Gasteiger partial charge in [0.15, 0.2) is 0 Å². The van der Waals surface area contributed by atoms with E-state index in [-0.39, 0.29) is 10.3 Å². The third kappa shape index (κ3) is 4.48. The van der Waals surface area contributed by atoms with E-state index in [1.54, 1.807) is 18.3 Å². The molecule has 3 aromatic rings. The second kappa shape index (κ2) is 7.59. The molecule has 146 valence electrons. The summed E-state index contributed by atoms with van der Waals surface area (Å²) < 4.78 is 24.9. The number of H-pyrrole nitrogens is 1. The maximum absolute atomic E-state index is 12.5. The van der Waals surface area contributed by atoms with Crippen LogP contribution in [-0.2, 0) is 15.4 Å². The lowest BCUT2D eigenvalue weighted by atomic mass is 9.87. The van der Waals surface area contributed by atoms with Crippen LogP contribution < -0.4 is 4.83 Å². The number of rotatable bonds is 5. The summed E-state index contributed by atoms with van der Waals surface area (Å²) in [6.07, 6.45) is 3.05. The molecule has 0 spiro atoms. The zero-order chi connectivity index (χ0) is 20.4. The minimum absolute atomic E-state index is 0.0401. The predicted octanol–water partition coefficient (Wildman–Crippen LogP) is 4.00. The molecule has 3 rings (SSSR count). The average Bonchev–Trinajstić information content (AvgIpc) is 3.10. The van der Waals surface area contributed by atoms with Crippen LogP contribution in [0.4, 0.5) is 0 Å². The molecule has 0 saturated carbocycles. The van der Waals surface area contributed by atoms with Crippen LogP contribution in [0.5, 0.6) is 0 Å². The summed E-state index contributed by atoms with van der Waals surface area (Å²) in [5.74, 6) is 0. The van der Waals surface area contributed by atoms with Crippen molar-refractivity contribution in [2.75, 3.05) is 0 Å². The van der Waals surface area contributed by atoms with Gasteiger partial charge in [0.2, 0.25) is 0 Å². The molecular weight excluding hydrogens is 372 g/mol. The van der Waals surface area contributed by atoms with Crippen molar-refractivity contribution < 1.29 is 8.42 Å². The van der Waals surface area contributed by atoms with Crippen molar-refractivity contribution in [3.8, 4) is 11.3 Å². The van der Waals surface area contributed by atoms with Crippen molar-refractivity contribution in [3.05, 3.63) is 71.4 Å². The molecule has 0 unspecified atom stereocenters. The van der Waals surface area contributed by atoms with Crippen LogP contribution in [0.25, 0.3) is 11.3 Å². The van der Waals surface area contributed by atoms with E-state index in [1.165, 1.54) is 6.21 Å². The van der Waals surface area contributed by atoms with Gasteiger partial charge in [-0.15, -0.1) is 0 Å². The van der Waals surface area contributed by atoms with Crippen molar-refractivity contribution in [1.29, 1.82) is 0 Å². The molecule has 1 heterocycles. The van der Waals surface area contributed by atoms with E-state index in [9.17, 15) is 8.42 Å². The summed E-state index contributed by atoms with van der Waals surface area (Å²) in [6, 6.07) is 14.8. The van der Waals surface area contributed by atoms with Crippen molar-refractivity contribution in [2.45, 2.75) is 38.0 Å². The summed E-state index contributed by atoms with van der Waals surface area (Å²) in [4.78, 5) is 2.43. The Hall–Kier alpha value is -2.93. The summed E-state index contributed by atoms with van der Waals surface area (Å²) in [5, 5.41) is 10.9. The molecule has 6 nitrogen and oxygen atoms in total. The molecule has 0 atom stereocenters. The zero-order valence-electron chi connectivity index (χ0n) is 16.4. The summed E-state index contributed by atoms with van der Waals surface area (Å²) in [7, 11) is -3.74. The van der Waals surface area contributed by atoms with Crippen LogP contribution in [0, 0.1) is 6.92 Å². The SMILES string of the molecule is Cc1ccc(-c2[nH]ncc2/C=N\NS(=O)(=O)c2ccc(C(C)(C)C)cc2)cc1. The highest BCUT2D eigenvalue weighted by Crippen LogP contribution is 2.23. The third-order valence-electron chi connectivity index (χ3n) is 4.42. The summed E-state index contributed by atoms with van der Waals surface area (Å²) >= 11 is 0. The molecule has 28 heavy (non-hydrogen) atoms. The van der Waals surface area contributed by atoms with Crippen LogP contribution in [0.1, 0.15) is 37.5 Å². The molecule has 0 radical (unpaired) electrons. The van der Waals surface area contributed by atoms with Crippen LogP contribution >= 0.6 is 0 Å². The Labute approximate surface area is 165 Å². The highest BCUT2D eigenvalue weighted by molar-refractivity contribution is 7.89. The highest BCUT2D eigenvalue weighted by Gasteiger charge is 2.17. The van der Waals surface area contributed by atoms with Gasteiger partial charge in [0.1, 0.15) is 0 Å². The lowest BCUT2D eigenvalue weighted by Crippen LogP contribution is -2.19. The van der Waals surface area contributed by atoms with E-state index >= 15 is 0 Å². The zero-order valence-corrected chi connectivity index (χ0v) is 17.2. The topological polar surface area (TPSA) is 87.2 Å².